The molecule has 0 fully saturated rings. The van der Waals surface area contributed by atoms with Crippen molar-refractivity contribution < 1.29 is 5.11 Å². The minimum absolute atomic E-state index is 0.452. The van der Waals surface area contributed by atoms with Crippen molar-refractivity contribution in [3.8, 4) is 0 Å². The first kappa shape index (κ1) is 16.0. The van der Waals surface area contributed by atoms with Crippen LogP contribution in [-0.2, 0) is 0 Å². The lowest BCUT2D eigenvalue weighted by atomic mass is 10.0. The van der Waals surface area contributed by atoms with Crippen LogP contribution in [0.2, 0.25) is 0 Å². The van der Waals surface area contributed by atoms with Gasteiger partial charge in [0.2, 0.25) is 0 Å². The van der Waals surface area contributed by atoms with Crippen LogP contribution in [0.5, 0.6) is 0 Å². The smallest absolute Gasteiger partial charge is 0.0914 e. The number of nitrogens with one attached hydrogen (secondary N) is 1. The van der Waals surface area contributed by atoms with Gasteiger partial charge in [0.1, 0.15) is 0 Å². The lowest BCUT2D eigenvalue weighted by molar-refractivity contribution is 0.172. The molecule has 0 amide bonds. The van der Waals surface area contributed by atoms with Crippen LogP contribution in [0.3, 0.4) is 0 Å². The summed E-state index contributed by atoms with van der Waals surface area (Å²) in [6.07, 6.45) is -0.452. The molecule has 0 heterocycles. The largest absolute Gasteiger partial charge is 0.387 e. The zero-order valence-electron chi connectivity index (χ0n) is 13.0. The highest BCUT2D eigenvalue weighted by molar-refractivity contribution is 5.83. The van der Waals surface area contributed by atoms with Crippen LogP contribution in [0, 0.1) is 0 Å². The molecule has 21 heavy (non-hydrogen) atoms. The van der Waals surface area contributed by atoms with Gasteiger partial charge >= 0.3 is 0 Å². The fraction of sp³-hybridized carbons (Fsp3) is 0.444. The Bertz CT molecular complexity index is 552. The molecule has 0 bridgehead atoms. The molecule has 0 saturated heterocycles. The fourth-order valence-corrected chi connectivity index (χ4v) is 2.55. The number of nitrogens with zero attached hydrogens (tertiary/aromatic N) is 1. The maximum absolute atomic E-state index is 10.3. The summed E-state index contributed by atoms with van der Waals surface area (Å²) in [6, 6.07) is 14.4. The van der Waals surface area contributed by atoms with Crippen LogP contribution < -0.4 is 5.32 Å². The lowest BCUT2D eigenvalue weighted by Crippen LogP contribution is -2.33. The van der Waals surface area contributed by atoms with Crippen molar-refractivity contribution in [2.75, 3.05) is 32.7 Å². The number of hydrogen-bond donors (Lipinski definition) is 2. The minimum Gasteiger partial charge on any atom is -0.387 e. The molecule has 2 aromatic carbocycles. The molecule has 3 heteroatoms. The third kappa shape index (κ3) is 4.53. The Labute approximate surface area is 127 Å². The van der Waals surface area contributed by atoms with E-state index in [1.165, 1.54) is 10.8 Å². The molecule has 2 aromatic rings. The van der Waals surface area contributed by atoms with Crippen molar-refractivity contribution >= 4 is 10.8 Å². The monoisotopic (exact) mass is 286 g/mol. The number of aliphatic hydroxyl groups is 1. The summed E-state index contributed by atoms with van der Waals surface area (Å²) < 4.78 is 0. The second-order valence-corrected chi connectivity index (χ2v) is 5.35. The van der Waals surface area contributed by atoms with E-state index in [0.29, 0.717) is 6.54 Å². The SMILES string of the molecule is CCN(CC)CCNC[C@H](O)c1ccc2ccccc2c1. The molecule has 2 rings (SSSR count). The third-order valence-corrected chi connectivity index (χ3v) is 4.00. The van der Waals surface area contributed by atoms with Crippen molar-refractivity contribution in [1.29, 1.82) is 0 Å². The predicted octanol–water partition coefficient (Wildman–Crippen LogP) is 2.80. The molecule has 1 atom stereocenters. The van der Waals surface area contributed by atoms with Crippen molar-refractivity contribution in [2.24, 2.45) is 0 Å². The molecule has 0 radical (unpaired) electrons. The molecule has 0 aliphatic heterocycles. The van der Waals surface area contributed by atoms with Crippen LogP contribution in [0.15, 0.2) is 42.5 Å². The average Bonchev–Trinajstić information content (AvgIpc) is 2.54. The van der Waals surface area contributed by atoms with Crippen molar-refractivity contribution in [3.63, 3.8) is 0 Å². The fourth-order valence-electron chi connectivity index (χ4n) is 2.55. The Balaban J connectivity index is 1.85. The topological polar surface area (TPSA) is 35.5 Å². The second-order valence-electron chi connectivity index (χ2n) is 5.35. The van der Waals surface area contributed by atoms with E-state index >= 15 is 0 Å². The van der Waals surface area contributed by atoms with Crippen molar-refractivity contribution in [3.05, 3.63) is 48.0 Å². The average molecular weight is 286 g/mol. The summed E-state index contributed by atoms with van der Waals surface area (Å²) >= 11 is 0. The summed E-state index contributed by atoms with van der Waals surface area (Å²) in [4.78, 5) is 2.37. The van der Waals surface area contributed by atoms with Gasteiger partial charge in [-0.2, -0.15) is 0 Å². The van der Waals surface area contributed by atoms with E-state index in [9.17, 15) is 5.11 Å². The summed E-state index contributed by atoms with van der Waals surface area (Å²) in [5, 5.41) is 16.0. The number of aliphatic hydroxyl groups excluding tert-OH is 1. The molecule has 0 unspecified atom stereocenters. The van der Waals surface area contributed by atoms with Crippen LogP contribution >= 0.6 is 0 Å². The van der Waals surface area contributed by atoms with E-state index in [4.69, 9.17) is 0 Å². The number of likely N-dealkylation sites (N-methyl/N-ethyl adjacent to an activating group) is 1. The molecule has 114 valence electrons. The van der Waals surface area contributed by atoms with Gasteiger partial charge in [0.05, 0.1) is 6.10 Å². The zero-order valence-corrected chi connectivity index (χ0v) is 13.0. The number of rotatable bonds is 8. The third-order valence-electron chi connectivity index (χ3n) is 4.00. The maximum atomic E-state index is 10.3. The highest BCUT2D eigenvalue weighted by Gasteiger charge is 2.08. The van der Waals surface area contributed by atoms with Gasteiger partial charge in [-0.05, 0) is 35.5 Å². The molecular weight excluding hydrogens is 260 g/mol. The Morgan fingerprint density at radius 2 is 1.76 bits per heavy atom. The second kappa shape index (κ2) is 8.13. The van der Waals surface area contributed by atoms with E-state index in [2.05, 4.69) is 48.3 Å². The Morgan fingerprint density at radius 1 is 1.05 bits per heavy atom. The van der Waals surface area contributed by atoms with Crippen LogP contribution in [0.25, 0.3) is 10.8 Å². The number of benzene rings is 2. The minimum atomic E-state index is -0.452. The van der Waals surface area contributed by atoms with Crippen molar-refractivity contribution in [2.45, 2.75) is 20.0 Å². The molecular formula is C18H26N2O. The number of hydrogen-bond acceptors (Lipinski definition) is 3. The van der Waals surface area contributed by atoms with E-state index in [-0.39, 0.29) is 0 Å². The summed E-state index contributed by atoms with van der Waals surface area (Å²) in [5.41, 5.74) is 0.976. The normalized spacial score (nSPS) is 13.0. The van der Waals surface area contributed by atoms with Gasteiger partial charge in [0.15, 0.2) is 0 Å². The zero-order chi connectivity index (χ0) is 15.1. The molecule has 0 spiro atoms. The molecule has 0 saturated carbocycles. The first-order valence-electron chi connectivity index (χ1n) is 7.84. The lowest BCUT2D eigenvalue weighted by Gasteiger charge is -2.19. The molecule has 0 aliphatic carbocycles. The highest BCUT2D eigenvalue weighted by atomic mass is 16.3. The van der Waals surface area contributed by atoms with Crippen LogP contribution in [0.1, 0.15) is 25.5 Å². The van der Waals surface area contributed by atoms with Gasteiger partial charge in [-0.3, -0.25) is 0 Å². The Morgan fingerprint density at radius 3 is 2.48 bits per heavy atom. The van der Waals surface area contributed by atoms with Gasteiger partial charge in [0.25, 0.3) is 0 Å². The van der Waals surface area contributed by atoms with Crippen LogP contribution in [-0.4, -0.2) is 42.7 Å². The van der Waals surface area contributed by atoms with Crippen molar-refractivity contribution in [1.82, 2.24) is 10.2 Å². The van der Waals surface area contributed by atoms with Gasteiger partial charge in [0, 0.05) is 19.6 Å². The van der Waals surface area contributed by atoms with Gasteiger partial charge in [-0.1, -0.05) is 50.2 Å². The summed E-state index contributed by atoms with van der Waals surface area (Å²) in [6.45, 7) is 9.03. The van der Waals surface area contributed by atoms with Gasteiger partial charge in [-0.25, -0.2) is 0 Å². The predicted molar refractivity (Wildman–Crippen MR) is 89.6 cm³/mol. The first-order valence-corrected chi connectivity index (χ1v) is 7.84. The van der Waals surface area contributed by atoms with E-state index in [1.54, 1.807) is 0 Å². The summed E-state index contributed by atoms with van der Waals surface area (Å²) in [5.74, 6) is 0. The first-order chi connectivity index (χ1) is 10.2. The van der Waals surface area contributed by atoms with E-state index in [1.807, 2.05) is 18.2 Å². The number of fused-ring (bicyclic) bond motifs is 1. The molecule has 0 aliphatic rings. The van der Waals surface area contributed by atoms with Crippen LogP contribution in [0.4, 0.5) is 0 Å². The maximum Gasteiger partial charge on any atom is 0.0914 e. The van der Waals surface area contributed by atoms with E-state index < -0.39 is 6.10 Å². The summed E-state index contributed by atoms with van der Waals surface area (Å²) in [7, 11) is 0. The molecule has 0 aromatic heterocycles. The molecule has 3 nitrogen and oxygen atoms in total. The highest BCUT2D eigenvalue weighted by Crippen LogP contribution is 2.19. The van der Waals surface area contributed by atoms with Gasteiger partial charge in [-0.15, -0.1) is 0 Å². The standard InChI is InChI=1S/C18H26N2O/c1-3-20(4-2)12-11-19-14-18(21)17-10-9-15-7-5-6-8-16(15)13-17/h5-10,13,18-19,21H,3-4,11-12,14H2,1-2H3/t18-/m0/s1. The van der Waals surface area contributed by atoms with Gasteiger partial charge < -0.3 is 15.3 Å². The Hall–Kier alpha value is -1.42. The van der Waals surface area contributed by atoms with E-state index in [0.717, 1.165) is 31.7 Å². The quantitative estimate of drug-likeness (QED) is 0.733. The molecule has 2 N–H and O–H groups in total. The Kier molecular flexibility index (Phi) is 6.18.